The molecule has 5 N–H and O–H groups in total. The predicted octanol–water partition coefficient (Wildman–Crippen LogP) is 7.34. The molecule has 0 bridgehead atoms. The van der Waals surface area contributed by atoms with Crippen molar-refractivity contribution in [2.75, 3.05) is 16.4 Å². The minimum Gasteiger partial charge on any atom is -0.489 e. The molecule has 5 rings (SSSR count). The van der Waals surface area contributed by atoms with Crippen molar-refractivity contribution in [1.82, 2.24) is 10.2 Å². The number of fused-ring (bicyclic) bond motifs is 1. The van der Waals surface area contributed by atoms with Gasteiger partial charge in [0.2, 0.25) is 0 Å². The summed E-state index contributed by atoms with van der Waals surface area (Å²) in [5, 5.41) is 14.8. The quantitative estimate of drug-likeness (QED) is 0.189. The lowest BCUT2D eigenvalue weighted by Gasteiger charge is -2.11. The van der Waals surface area contributed by atoms with Gasteiger partial charge in [0.1, 0.15) is 12.4 Å². The van der Waals surface area contributed by atoms with Gasteiger partial charge in [0.05, 0.1) is 10.9 Å². The molecule has 2 amide bonds. The second kappa shape index (κ2) is 10.2. The summed E-state index contributed by atoms with van der Waals surface area (Å²) in [5.74, 6) is 1.11. The van der Waals surface area contributed by atoms with E-state index >= 15 is 0 Å². The van der Waals surface area contributed by atoms with Crippen LogP contribution in [0.3, 0.4) is 0 Å². The molecule has 0 saturated heterocycles. The van der Waals surface area contributed by atoms with E-state index in [0.717, 1.165) is 27.6 Å². The van der Waals surface area contributed by atoms with Crippen LogP contribution in [-0.4, -0.2) is 16.2 Å². The summed E-state index contributed by atoms with van der Waals surface area (Å²) >= 11 is 11.9. The Morgan fingerprint density at radius 3 is 2.39 bits per heavy atom. The second-order valence-electron chi connectivity index (χ2n) is 8.04. The average molecular weight is 518 g/mol. The molecule has 7 nitrogen and oxygen atoms in total. The van der Waals surface area contributed by atoms with Gasteiger partial charge in [-0.25, -0.2) is 4.79 Å². The number of ether oxygens (including phenoxy) is 1. The van der Waals surface area contributed by atoms with Gasteiger partial charge in [-0.15, -0.1) is 0 Å². The fraction of sp³-hybridized carbons (Fsp3) is 0.0370. The molecular weight excluding hydrogens is 497 g/mol. The van der Waals surface area contributed by atoms with E-state index in [4.69, 9.17) is 33.7 Å². The highest BCUT2D eigenvalue weighted by Crippen LogP contribution is 2.34. The van der Waals surface area contributed by atoms with Crippen molar-refractivity contribution in [2.45, 2.75) is 6.61 Å². The van der Waals surface area contributed by atoms with E-state index in [2.05, 4.69) is 20.8 Å². The van der Waals surface area contributed by atoms with Gasteiger partial charge in [-0.05, 0) is 65.7 Å². The molecule has 0 atom stereocenters. The molecule has 1 aromatic heterocycles. The van der Waals surface area contributed by atoms with Crippen LogP contribution in [0.25, 0.3) is 22.0 Å². The van der Waals surface area contributed by atoms with Crippen LogP contribution in [0.15, 0.2) is 84.9 Å². The highest BCUT2D eigenvalue weighted by Gasteiger charge is 2.14. The smallest absolute Gasteiger partial charge is 0.323 e. The van der Waals surface area contributed by atoms with Crippen molar-refractivity contribution in [1.29, 1.82) is 0 Å². The molecule has 0 unspecified atom stereocenters. The van der Waals surface area contributed by atoms with Gasteiger partial charge in [-0.1, -0.05) is 53.5 Å². The highest BCUT2D eigenvalue weighted by molar-refractivity contribution is 6.31. The molecule has 0 fully saturated rings. The van der Waals surface area contributed by atoms with Crippen LogP contribution in [-0.2, 0) is 6.61 Å². The molecule has 5 aromatic rings. The zero-order valence-electron chi connectivity index (χ0n) is 18.9. The molecule has 180 valence electrons. The SMILES string of the molecule is Nc1n[nH]c2c(COc3ccc(Cl)cc3)ccc(-c3ccc(NC(=O)Nc4cccc(Cl)c4)cc3)c12. The fourth-order valence-corrected chi connectivity index (χ4v) is 4.17. The van der Waals surface area contributed by atoms with E-state index in [1.807, 2.05) is 48.5 Å². The van der Waals surface area contributed by atoms with Crippen LogP contribution in [0, 0.1) is 0 Å². The summed E-state index contributed by atoms with van der Waals surface area (Å²) in [4.78, 5) is 12.3. The normalized spacial score (nSPS) is 10.8. The number of aromatic nitrogens is 2. The van der Waals surface area contributed by atoms with E-state index in [1.165, 1.54) is 0 Å². The number of hydrogen-bond donors (Lipinski definition) is 4. The number of hydrogen-bond acceptors (Lipinski definition) is 4. The van der Waals surface area contributed by atoms with Crippen molar-refractivity contribution >= 4 is 57.3 Å². The number of carbonyl (C=O) groups is 1. The number of benzene rings is 4. The minimum atomic E-state index is -0.364. The number of rotatable bonds is 6. The number of nitrogen functional groups attached to an aromatic ring is 1. The molecule has 0 saturated carbocycles. The summed E-state index contributed by atoms with van der Waals surface area (Å²) in [7, 11) is 0. The summed E-state index contributed by atoms with van der Waals surface area (Å²) in [6.07, 6.45) is 0. The Kier molecular flexibility index (Phi) is 6.66. The number of anilines is 3. The first-order chi connectivity index (χ1) is 17.5. The Bertz CT molecular complexity index is 1530. The fourth-order valence-electron chi connectivity index (χ4n) is 3.86. The van der Waals surface area contributed by atoms with Gasteiger partial charge in [-0.3, -0.25) is 5.10 Å². The average Bonchev–Trinajstić information content (AvgIpc) is 3.26. The van der Waals surface area contributed by atoms with Crippen LogP contribution in [0.5, 0.6) is 5.75 Å². The van der Waals surface area contributed by atoms with Crippen LogP contribution < -0.4 is 21.1 Å². The standard InChI is InChI=1S/C27H21Cl2N5O2/c28-18-7-11-22(12-8-18)36-15-17-6-13-23(24-25(17)33-34-26(24)30)16-4-9-20(10-5-16)31-27(35)32-21-3-1-2-19(29)14-21/h1-14H,15H2,(H3,30,33,34)(H2,31,32,35). The highest BCUT2D eigenvalue weighted by atomic mass is 35.5. The third-order valence-corrected chi connectivity index (χ3v) is 6.07. The summed E-state index contributed by atoms with van der Waals surface area (Å²) in [6, 6.07) is 25.2. The molecule has 36 heavy (non-hydrogen) atoms. The molecular formula is C27H21Cl2N5O2. The summed E-state index contributed by atoms with van der Waals surface area (Å²) in [6.45, 7) is 0.338. The lowest BCUT2D eigenvalue weighted by molar-refractivity contribution is 0.262. The van der Waals surface area contributed by atoms with E-state index < -0.39 is 0 Å². The first-order valence-corrected chi connectivity index (χ1v) is 11.8. The van der Waals surface area contributed by atoms with Crippen molar-refractivity contribution in [3.05, 3.63) is 101 Å². The van der Waals surface area contributed by atoms with Crippen molar-refractivity contribution in [3.8, 4) is 16.9 Å². The first kappa shape index (κ1) is 23.5. The number of nitrogens with two attached hydrogens (primary N) is 1. The second-order valence-corrected chi connectivity index (χ2v) is 8.91. The van der Waals surface area contributed by atoms with Crippen molar-refractivity contribution in [2.24, 2.45) is 0 Å². The van der Waals surface area contributed by atoms with Gasteiger partial charge in [0.25, 0.3) is 0 Å². The van der Waals surface area contributed by atoms with E-state index in [1.54, 1.807) is 36.4 Å². The molecule has 0 spiro atoms. The van der Waals surface area contributed by atoms with Crippen LogP contribution in [0.2, 0.25) is 10.0 Å². The lowest BCUT2D eigenvalue weighted by atomic mass is 9.98. The Labute approximate surface area is 217 Å². The van der Waals surface area contributed by atoms with E-state index in [0.29, 0.717) is 39.6 Å². The Hall–Kier alpha value is -4.20. The molecule has 0 aliphatic carbocycles. The van der Waals surface area contributed by atoms with Crippen LogP contribution in [0.4, 0.5) is 22.0 Å². The maximum atomic E-state index is 12.3. The first-order valence-electron chi connectivity index (χ1n) is 11.0. The Morgan fingerprint density at radius 1 is 0.889 bits per heavy atom. The number of halogens is 2. The zero-order chi connectivity index (χ0) is 25.1. The zero-order valence-corrected chi connectivity index (χ0v) is 20.4. The molecule has 0 aliphatic heterocycles. The van der Waals surface area contributed by atoms with Crippen molar-refractivity contribution < 1.29 is 9.53 Å². The number of nitrogens with one attached hydrogen (secondary N) is 3. The molecule has 1 heterocycles. The monoisotopic (exact) mass is 517 g/mol. The Morgan fingerprint density at radius 2 is 1.64 bits per heavy atom. The van der Waals surface area contributed by atoms with Crippen molar-refractivity contribution in [3.63, 3.8) is 0 Å². The maximum absolute atomic E-state index is 12.3. The van der Waals surface area contributed by atoms with Crippen LogP contribution >= 0.6 is 23.2 Å². The van der Waals surface area contributed by atoms with E-state index in [-0.39, 0.29) is 6.03 Å². The topological polar surface area (TPSA) is 105 Å². The van der Waals surface area contributed by atoms with Gasteiger partial charge in [-0.2, -0.15) is 5.10 Å². The number of urea groups is 1. The van der Waals surface area contributed by atoms with Gasteiger partial charge >= 0.3 is 6.03 Å². The lowest BCUT2D eigenvalue weighted by Crippen LogP contribution is -2.19. The number of nitrogens with zero attached hydrogens (tertiary/aromatic N) is 1. The predicted molar refractivity (Wildman–Crippen MR) is 146 cm³/mol. The third kappa shape index (κ3) is 5.22. The Balaban J connectivity index is 1.33. The maximum Gasteiger partial charge on any atom is 0.323 e. The number of amides is 2. The molecule has 0 radical (unpaired) electrons. The number of carbonyl (C=O) groups excluding carboxylic acids is 1. The van der Waals surface area contributed by atoms with Gasteiger partial charge < -0.3 is 21.1 Å². The van der Waals surface area contributed by atoms with Gasteiger partial charge in [0.15, 0.2) is 5.82 Å². The summed E-state index contributed by atoms with van der Waals surface area (Å²) in [5.41, 5.74) is 11.0. The van der Waals surface area contributed by atoms with Crippen LogP contribution in [0.1, 0.15) is 5.56 Å². The van der Waals surface area contributed by atoms with Gasteiger partial charge in [0, 0.05) is 27.0 Å². The third-order valence-electron chi connectivity index (χ3n) is 5.58. The molecule has 0 aliphatic rings. The largest absolute Gasteiger partial charge is 0.489 e. The summed E-state index contributed by atoms with van der Waals surface area (Å²) < 4.78 is 5.91. The van der Waals surface area contributed by atoms with E-state index in [9.17, 15) is 4.79 Å². The number of aromatic amines is 1. The minimum absolute atomic E-state index is 0.338. The molecule has 4 aromatic carbocycles. The number of H-pyrrole nitrogens is 1. The molecule has 9 heteroatoms.